The molecule has 1 N–H and O–H groups in total. The Labute approximate surface area is 144 Å². The van der Waals surface area contributed by atoms with Crippen molar-refractivity contribution in [2.75, 3.05) is 28.4 Å². The lowest BCUT2D eigenvalue weighted by molar-refractivity contribution is 0.0698. The molecule has 130 valence electrons. The molecule has 0 aliphatic carbocycles. The molecule has 0 saturated heterocycles. The highest BCUT2D eigenvalue weighted by Gasteiger charge is 2.20. The van der Waals surface area contributed by atoms with Crippen LogP contribution in [0.15, 0.2) is 30.3 Å². The Morgan fingerprint density at radius 3 is 2.00 bits per heavy atom. The minimum atomic E-state index is -1.04. The standard InChI is InChI=1S/C19H18O6/c1-22-14-7-10-5-6-11-13(19(20)21)9-16(24-3)18(25-4)17(11)12(10)8-15(14)23-2/h5-9H,1-4H3,(H,20,21). The Morgan fingerprint density at radius 2 is 1.44 bits per heavy atom. The summed E-state index contributed by atoms with van der Waals surface area (Å²) in [7, 11) is 6.12. The van der Waals surface area contributed by atoms with E-state index in [1.165, 1.54) is 20.3 Å². The highest BCUT2D eigenvalue weighted by molar-refractivity contribution is 6.17. The molecule has 0 aliphatic heterocycles. The number of carboxylic acids is 1. The summed E-state index contributed by atoms with van der Waals surface area (Å²) in [6.07, 6.45) is 0. The summed E-state index contributed by atoms with van der Waals surface area (Å²) in [5, 5.41) is 12.4. The Balaban J connectivity index is 2.56. The van der Waals surface area contributed by atoms with Gasteiger partial charge in [0, 0.05) is 10.8 Å². The Kier molecular flexibility index (Phi) is 4.27. The highest BCUT2D eigenvalue weighted by atomic mass is 16.5. The first-order chi connectivity index (χ1) is 12.0. The fourth-order valence-corrected chi connectivity index (χ4v) is 3.05. The van der Waals surface area contributed by atoms with Crippen LogP contribution in [0.4, 0.5) is 0 Å². The maximum absolute atomic E-state index is 11.7. The van der Waals surface area contributed by atoms with Crippen molar-refractivity contribution < 1.29 is 28.8 Å². The molecule has 0 fully saturated rings. The number of hydrogen-bond donors (Lipinski definition) is 1. The van der Waals surface area contributed by atoms with Crippen molar-refractivity contribution in [2.24, 2.45) is 0 Å². The van der Waals surface area contributed by atoms with Crippen LogP contribution in [0.2, 0.25) is 0 Å². The van der Waals surface area contributed by atoms with E-state index in [1.807, 2.05) is 18.2 Å². The van der Waals surface area contributed by atoms with Crippen LogP contribution < -0.4 is 18.9 Å². The summed E-state index contributed by atoms with van der Waals surface area (Å²) in [6.45, 7) is 0. The third kappa shape index (κ3) is 2.55. The summed E-state index contributed by atoms with van der Waals surface area (Å²) >= 11 is 0. The van der Waals surface area contributed by atoms with Gasteiger partial charge in [-0.2, -0.15) is 0 Å². The zero-order valence-electron chi connectivity index (χ0n) is 14.4. The molecule has 6 heteroatoms. The van der Waals surface area contributed by atoms with Crippen molar-refractivity contribution >= 4 is 27.5 Å². The molecular formula is C19H18O6. The van der Waals surface area contributed by atoms with Gasteiger partial charge in [-0.1, -0.05) is 12.1 Å². The van der Waals surface area contributed by atoms with Crippen LogP contribution in [0.3, 0.4) is 0 Å². The normalized spacial score (nSPS) is 10.7. The summed E-state index contributed by atoms with van der Waals surface area (Å²) in [5.74, 6) is 0.930. The summed E-state index contributed by atoms with van der Waals surface area (Å²) in [4.78, 5) is 11.7. The average Bonchev–Trinajstić information content (AvgIpc) is 2.64. The number of benzene rings is 3. The van der Waals surface area contributed by atoms with Crippen molar-refractivity contribution in [2.45, 2.75) is 0 Å². The molecule has 0 atom stereocenters. The predicted molar refractivity (Wildman–Crippen MR) is 94.6 cm³/mol. The highest BCUT2D eigenvalue weighted by Crippen LogP contribution is 2.44. The molecular weight excluding hydrogens is 324 g/mol. The summed E-state index contributed by atoms with van der Waals surface area (Å²) in [6, 6.07) is 8.72. The lowest BCUT2D eigenvalue weighted by Gasteiger charge is -2.16. The molecule has 0 spiro atoms. The van der Waals surface area contributed by atoms with Crippen LogP contribution >= 0.6 is 0 Å². The monoisotopic (exact) mass is 342 g/mol. The van der Waals surface area contributed by atoms with Crippen LogP contribution in [0, 0.1) is 0 Å². The van der Waals surface area contributed by atoms with E-state index < -0.39 is 5.97 Å². The number of aromatic carboxylic acids is 1. The van der Waals surface area contributed by atoms with Gasteiger partial charge in [-0.3, -0.25) is 0 Å². The Bertz CT molecular complexity index is 977. The second-order valence-corrected chi connectivity index (χ2v) is 5.38. The second kappa shape index (κ2) is 6.39. The predicted octanol–water partition coefficient (Wildman–Crippen LogP) is 3.73. The fourth-order valence-electron chi connectivity index (χ4n) is 3.05. The van der Waals surface area contributed by atoms with Crippen LogP contribution in [0.25, 0.3) is 21.5 Å². The minimum Gasteiger partial charge on any atom is -0.493 e. The largest absolute Gasteiger partial charge is 0.493 e. The van der Waals surface area contributed by atoms with E-state index in [1.54, 1.807) is 20.3 Å². The van der Waals surface area contributed by atoms with Crippen molar-refractivity contribution in [3.8, 4) is 23.0 Å². The van der Waals surface area contributed by atoms with Crippen LogP contribution in [0.1, 0.15) is 10.4 Å². The first-order valence-electron chi connectivity index (χ1n) is 7.52. The van der Waals surface area contributed by atoms with Gasteiger partial charge in [0.05, 0.1) is 34.0 Å². The van der Waals surface area contributed by atoms with Crippen LogP contribution in [0.5, 0.6) is 23.0 Å². The van der Waals surface area contributed by atoms with Gasteiger partial charge in [-0.05, 0) is 29.0 Å². The van der Waals surface area contributed by atoms with Gasteiger partial charge < -0.3 is 24.1 Å². The lowest BCUT2D eigenvalue weighted by Crippen LogP contribution is -2.01. The van der Waals surface area contributed by atoms with E-state index in [9.17, 15) is 9.90 Å². The van der Waals surface area contributed by atoms with E-state index in [-0.39, 0.29) is 5.56 Å². The molecule has 3 aromatic carbocycles. The van der Waals surface area contributed by atoms with E-state index in [4.69, 9.17) is 18.9 Å². The molecule has 3 rings (SSSR count). The SMILES string of the molecule is COc1cc2ccc3c(C(=O)O)cc(OC)c(OC)c3c2cc1OC. The summed E-state index contributed by atoms with van der Waals surface area (Å²) < 4.78 is 21.6. The number of methoxy groups -OCH3 is 4. The molecule has 25 heavy (non-hydrogen) atoms. The molecule has 0 amide bonds. The molecule has 0 bridgehead atoms. The second-order valence-electron chi connectivity index (χ2n) is 5.38. The number of rotatable bonds is 5. The molecule has 0 saturated carbocycles. The van der Waals surface area contributed by atoms with Crippen molar-refractivity contribution in [1.29, 1.82) is 0 Å². The number of fused-ring (bicyclic) bond motifs is 3. The third-order valence-corrected chi connectivity index (χ3v) is 4.19. The van der Waals surface area contributed by atoms with Gasteiger partial charge in [-0.25, -0.2) is 4.79 Å². The molecule has 6 nitrogen and oxygen atoms in total. The van der Waals surface area contributed by atoms with Crippen LogP contribution in [-0.4, -0.2) is 39.5 Å². The maximum atomic E-state index is 11.7. The Morgan fingerprint density at radius 1 is 0.800 bits per heavy atom. The van der Waals surface area contributed by atoms with Crippen molar-refractivity contribution in [3.05, 3.63) is 35.9 Å². The number of carbonyl (C=O) groups is 1. The van der Waals surface area contributed by atoms with E-state index in [0.717, 1.165) is 10.8 Å². The minimum absolute atomic E-state index is 0.143. The fraction of sp³-hybridized carbons (Fsp3) is 0.211. The summed E-state index contributed by atoms with van der Waals surface area (Å²) in [5.41, 5.74) is 0.143. The molecule has 3 aromatic rings. The molecule has 0 heterocycles. The van der Waals surface area contributed by atoms with Crippen LogP contribution in [-0.2, 0) is 0 Å². The van der Waals surface area contributed by atoms with Gasteiger partial charge >= 0.3 is 5.97 Å². The smallest absolute Gasteiger partial charge is 0.336 e. The quantitative estimate of drug-likeness (QED) is 0.712. The van der Waals surface area contributed by atoms with Gasteiger partial charge in [-0.15, -0.1) is 0 Å². The van der Waals surface area contributed by atoms with Gasteiger partial charge in [0.2, 0.25) is 0 Å². The molecule has 0 aromatic heterocycles. The third-order valence-electron chi connectivity index (χ3n) is 4.19. The van der Waals surface area contributed by atoms with E-state index >= 15 is 0 Å². The van der Waals surface area contributed by atoms with Gasteiger partial charge in [0.25, 0.3) is 0 Å². The van der Waals surface area contributed by atoms with Gasteiger partial charge in [0.1, 0.15) is 0 Å². The number of carboxylic acid groups (broad SMARTS) is 1. The van der Waals surface area contributed by atoms with Crippen molar-refractivity contribution in [3.63, 3.8) is 0 Å². The van der Waals surface area contributed by atoms with E-state index in [0.29, 0.717) is 33.8 Å². The lowest BCUT2D eigenvalue weighted by atomic mass is 9.96. The topological polar surface area (TPSA) is 74.2 Å². The average molecular weight is 342 g/mol. The molecule has 0 aliphatic rings. The molecule has 0 radical (unpaired) electrons. The van der Waals surface area contributed by atoms with Gasteiger partial charge in [0.15, 0.2) is 23.0 Å². The van der Waals surface area contributed by atoms with Crippen molar-refractivity contribution in [1.82, 2.24) is 0 Å². The zero-order valence-corrected chi connectivity index (χ0v) is 14.4. The molecule has 0 unspecified atom stereocenters. The number of hydrogen-bond acceptors (Lipinski definition) is 5. The maximum Gasteiger partial charge on any atom is 0.336 e. The zero-order chi connectivity index (χ0) is 18.1. The first kappa shape index (κ1) is 16.7. The Hall–Kier alpha value is -3.15. The number of ether oxygens (including phenoxy) is 4. The van der Waals surface area contributed by atoms with E-state index in [2.05, 4.69) is 0 Å². The first-order valence-corrected chi connectivity index (χ1v) is 7.52.